The first-order chi connectivity index (χ1) is 8.18. The van der Waals surface area contributed by atoms with Crippen LogP contribution in [0.1, 0.15) is 10.5 Å². The quantitative estimate of drug-likeness (QED) is 0.723. The lowest BCUT2D eigenvalue weighted by Gasteiger charge is -1.96. The average Bonchev–Trinajstić information content (AvgIpc) is 2.67. The maximum atomic E-state index is 11.1. The van der Waals surface area contributed by atoms with Crippen LogP contribution in [0.15, 0.2) is 34.9 Å². The summed E-state index contributed by atoms with van der Waals surface area (Å²) in [4.78, 5) is 18.1. The minimum Gasteiger partial charge on any atom is -0.476 e. The lowest BCUT2D eigenvalue weighted by atomic mass is 10.1. The van der Waals surface area contributed by atoms with Gasteiger partial charge in [-0.1, -0.05) is 22.0 Å². The van der Waals surface area contributed by atoms with Crippen LogP contribution in [0.2, 0.25) is 0 Å². The summed E-state index contributed by atoms with van der Waals surface area (Å²) in [6.07, 6.45) is 1.51. The molecule has 5 heteroatoms. The number of fused-ring (bicyclic) bond motifs is 3. The van der Waals surface area contributed by atoms with Crippen LogP contribution in [0.3, 0.4) is 0 Å². The third-order valence-electron chi connectivity index (χ3n) is 2.70. The maximum absolute atomic E-state index is 11.1. The monoisotopic (exact) mass is 290 g/mol. The van der Waals surface area contributed by atoms with Gasteiger partial charge in [-0.3, -0.25) is 0 Å². The van der Waals surface area contributed by atoms with Crippen LogP contribution in [-0.2, 0) is 0 Å². The predicted octanol–water partition coefficient (Wildman–Crippen LogP) is 3.18. The molecule has 0 atom stereocenters. The van der Waals surface area contributed by atoms with Crippen molar-refractivity contribution in [3.05, 3.63) is 40.6 Å². The Morgan fingerprint density at radius 2 is 2.18 bits per heavy atom. The Labute approximate surface area is 104 Å². The Hall–Kier alpha value is -1.88. The molecule has 3 rings (SSSR count). The molecule has 0 saturated heterocycles. The normalized spacial score (nSPS) is 11.1. The first-order valence-electron chi connectivity index (χ1n) is 4.96. The minimum absolute atomic E-state index is 0.0469. The van der Waals surface area contributed by atoms with E-state index in [1.807, 2.05) is 24.3 Å². The number of nitrogens with one attached hydrogen (secondary N) is 1. The van der Waals surface area contributed by atoms with E-state index in [9.17, 15) is 4.79 Å². The lowest BCUT2D eigenvalue weighted by molar-refractivity contribution is 0.0692. The predicted molar refractivity (Wildman–Crippen MR) is 68.3 cm³/mol. The van der Waals surface area contributed by atoms with Crippen LogP contribution in [0, 0.1) is 0 Å². The zero-order valence-electron chi connectivity index (χ0n) is 8.57. The number of halogens is 1. The summed E-state index contributed by atoms with van der Waals surface area (Å²) in [5.41, 5.74) is 1.50. The number of aromatic carboxylic acids is 1. The smallest absolute Gasteiger partial charge is 0.356 e. The van der Waals surface area contributed by atoms with Gasteiger partial charge in [-0.25, -0.2) is 9.78 Å². The molecule has 2 aromatic heterocycles. The van der Waals surface area contributed by atoms with E-state index in [4.69, 9.17) is 5.11 Å². The summed E-state index contributed by atoms with van der Waals surface area (Å²) in [6.45, 7) is 0. The molecule has 0 radical (unpaired) electrons. The zero-order valence-corrected chi connectivity index (χ0v) is 10.2. The fraction of sp³-hybridized carbons (Fsp3) is 0. The van der Waals surface area contributed by atoms with Gasteiger partial charge in [0.25, 0.3) is 0 Å². The van der Waals surface area contributed by atoms with Gasteiger partial charge in [0, 0.05) is 27.0 Å². The molecule has 1 aromatic carbocycles. The van der Waals surface area contributed by atoms with Gasteiger partial charge in [-0.05, 0) is 18.2 Å². The van der Waals surface area contributed by atoms with Crippen molar-refractivity contribution < 1.29 is 9.90 Å². The number of nitrogens with zero attached hydrogens (tertiary/aromatic N) is 1. The van der Waals surface area contributed by atoms with Crippen molar-refractivity contribution >= 4 is 43.7 Å². The number of rotatable bonds is 1. The molecular weight excluding hydrogens is 284 g/mol. The highest BCUT2D eigenvalue weighted by Crippen LogP contribution is 2.32. The molecule has 0 unspecified atom stereocenters. The van der Waals surface area contributed by atoms with Gasteiger partial charge < -0.3 is 10.1 Å². The number of hydrogen-bond donors (Lipinski definition) is 2. The van der Waals surface area contributed by atoms with Gasteiger partial charge in [0.2, 0.25) is 0 Å². The molecule has 2 N–H and O–H groups in total. The third kappa shape index (κ3) is 1.43. The van der Waals surface area contributed by atoms with Crippen molar-refractivity contribution in [2.75, 3.05) is 0 Å². The number of aromatic amines is 1. The van der Waals surface area contributed by atoms with E-state index in [0.717, 1.165) is 20.8 Å². The van der Waals surface area contributed by atoms with Gasteiger partial charge in [0.1, 0.15) is 0 Å². The van der Waals surface area contributed by atoms with Gasteiger partial charge in [-0.2, -0.15) is 0 Å². The Bertz CT molecular complexity index is 749. The number of carboxylic acids is 1. The Balaban J connectivity index is 2.56. The SMILES string of the molecule is O=C(O)c1nccc2c1[nH]c1cccc(Br)c12. The van der Waals surface area contributed by atoms with Crippen molar-refractivity contribution in [2.45, 2.75) is 0 Å². The van der Waals surface area contributed by atoms with E-state index < -0.39 is 5.97 Å². The first-order valence-corrected chi connectivity index (χ1v) is 5.76. The second-order valence-electron chi connectivity index (χ2n) is 3.67. The molecular formula is C12H7BrN2O2. The number of carbonyl (C=O) groups is 1. The molecule has 0 aliphatic heterocycles. The molecule has 0 bridgehead atoms. The van der Waals surface area contributed by atoms with Gasteiger partial charge in [0.05, 0.1) is 5.52 Å². The number of pyridine rings is 1. The molecule has 0 aliphatic carbocycles. The zero-order chi connectivity index (χ0) is 12.0. The summed E-state index contributed by atoms with van der Waals surface area (Å²) in [6, 6.07) is 7.54. The van der Waals surface area contributed by atoms with Crippen LogP contribution >= 0.6 is 15.9 Å². The standard InChI is InChI=1S/C12H7BrN2O2/c13-7-2-1-3-8-9(7)6-4-5-14-11(12(16)17)10(6)15-8/h1-5,15H,(H,16,17). The highest BCUT2D eigenvalue weighted by atomic mass is 79.9. The van der Waals surface area contributed by atoms with Crippen LogP contribution in [-0.4, -0.2) is 21.0 Å². The molecule has 17 heavy (non-hydrogen) atoms. The molecule has 3 aromatic rings. The van der Waals surface area contributed by atoms with E-state index in [1.165, 1.54) is 6.20 Å². The number of H-pyrrole nitrogens is 1. The molecule has 84 valence electrons. The van der Waals surface area contributed by atoms with E-state index in [-0.39, 0.29) is 5.69 Å². The van der Waals surface area contributed by atoms with Crippen LogP contribution in [0.5, 0.6) is 0 Å². The molecule has 0 spiro atoms. The van der Waals surface area contributed by atoms with Gasteiger partial charge in [-0.15, -0.1) is 0 Å². The maximum Gasteiger partial charge on any atom is 0.356 e. The van der Waals surface area contributed by atoms with Crippen molar-refractivity contribution in [1.82, 2.24) is 9.97 Å². The summed E-state index contributed by atoms with van der Waals surface area (Å²) in [5, 5.41) is 10.9. The number of aromatic nitrogens is 2. The number of benzene rings is 1. The minimum atomic E-state index is -1.03. The van der Waals surface area contributed by atoms with Crippen molar-refractivity contribution in [3.8, 4) is 0 Å². The molecule has 0 saturated carbocycles. The van der Waals surface area contributed by atoms with E-state index in [2.05, 4.69) is 25.9 Å². The highest BCUT2D eigenvalue weighted by Gasteiger charge is 2.14. The Kier molecular flexibility index (Phi) is 2.16. The van der Waals surface area contributed by atoms with Crippen molar-refractivity contribution in [1.29, 1.82) is 0 Å². The van der Waals surface area contributed by atoms with E-state index in [0.29, 0.717) is 5.52 Å². The fourth-order valence-corrected chi connectivity index (χ4v) is 2.58. The third-order valence-corrected chi connectivity index (χ3v) is 3.36. The Morgan fingerprint density at radius 3 is 2.94 bits per heavy atom. The molecule has 0 aliphatic rings. The highest BCUT2D eigenvalue weighted by molar-refractivity contribution is 9.10. The van der Waals surface area contributed by atoms with Crippen LogP contribution in [0.25, 0.3) is 21.8 Å². The molecule has 0 fully saturated rings. The van der Waals surface area contributed by atoms with E-state index in [1.54, 1.807) is 0 Å². The van der Waals surface area contributed by atoms with Gasteiger partial charge >= 0.3 is 5.97 Å². The largest absolute Gasteiger partial charge is 0.476 e. The second-order valence-corrected chi connectivity index (χ2v) is 4.53. The summed E-state index contributed by atoms with van der Waals surface area (Å²) >= 11 is 3.47. The van der Waals surface area contributed by atoms with Crippen LogP contribution < -0.4 is 0 Å². The first kappa shape index (κ1) is 10.3. The number of hydrogen-bond acceptors (Lipinski definition) is 2. The second kappa shape index (κ2) is 3.56. The van der Waals surface area contributed by atoms with Crippen molar-refractivity contribution in [2.24, 2.45) is 0 Å². The Morgan fingerprint density at radius 1 is 1.35 bits per heavy atom. The summed E-state index contributed by atoms with van der Waals surface area (Å²) < 4.78 is 0.934. The summed E-state index contributed by atoms with van der Waals surface area (Å²) in [5.74, 6) is -1.03. The molecule has 2 heterocycles. The number of carboxylic acid groups (broad SMARTS) is 1. The van der Waals surface area contributed by atoms with Crippen LogP contribution in [0.4, 0.5) is 0 Å². The molecule has 0 amide bonds. The summed E-state index contributed by atoms with van der Waals surface area (Å²) in [7, 11) is 0. The fourth-order valence-electron chi connectivity index (χ4n) is 2.00. The van der Waals surface area contributed by atoms with Crippen molar-refractivity contribution in [3.63, 3.8) is 0 Å². The average molecular weight is 291 g/mol. The van der Waals surface area contributed by atoms with Gasteiger partial charge in [0.15, 0.2) is 5.69 Å². The van der Waals surface area contributed by atoms with E-state index >= 15 is 0 Å². The molecule has 4 nitrogen and oxygen atoms in total. The topological polar surface area (TPSA) is 66.0 Å². The lowest BCUT2D eigenvalue weighted by Crippen LogP contribution is -2.00.